The molecule has 2 saturated heterocycles. The summed E-state index contributed by atoms with van der Waals surface area (Å²) in [5.41, 5.74) is 1.95. The van der Waals surface area contributed by atoms with Crippen molar-refractivity contribution in [2.75, 3.05) is 31.1 Å². The topological polar surface area (TPSA) is 65.4 Å². The Morgan fingerprint density at radius 1 is 1.00 bits per heavy atom. The van der Waals surface area contributed by atoms with Crippen LogP contribution in [0.5, 0.6) is 0 Å². The molecule has 1 N–H and O–H groups in total. The van der Waals surface area contributed by atoms with Crippen LogP contribution in [0.3, 0.4) is 0 Å². The lowest BCUT2D eigenvalue weighted by Crippen LogP contribution is -2.35. The van der Waals surface area contributed by atoms with Gasteiger partial charge in [0.15, 0.2) is 0 Å². The Balaban J connectivity index is 1.28. The van der Waals surface area contributed by atoms with Gasteiger partial charge in [0.25, 0.3) is 0 Å². The van der Waals surface area contributed by atoms with Crippen molar-refractivity contribution >= 4 is 5.95 Å². The van der Waals surface area contributed by atoms with Gasteiger partial charge in [-0.05, 0) is 56.8 Å². The van der Waals surface area contributed by atoms with Crippen LogP contribution < -0.4 is 4.90 Å². The molecule has 2 fully saturated rings. The number of aliphatic hydroxyl groups excluding tert-OH is 1. The molecule has 1 atom stereocenters. The van der Waals surface area contributed by atoms with Crippen molar-refractivity contribution in [2.24, 2.45) is 5.92 Å². The fourth-order valence-electron chi connectivity index (χ4n) is 3.99. The lowest BCUT2D eigenvalue weighted by atomic mass is 9.89. The Hall–Kier alpha value is -2.05. The molecule has 138 valence electrons. The van der Waals surface area contributed by atoms with E-state index >= 15 is 0 Å². The van der Waals surface area contributed by atoms with Crippen molar-refractivity contribution in [1.82, 2.24) is 19.9 Å². The van der Waals surface area contributed by atoms with Gasteiger partial charge < -0.3 is 10.0 Å². The number of hydrogen-bond donors (Lipinski definition) is 1. The van der Waals surface area contributed by atoms with E-state index in [0.717, 1.165) is 62.8 Å². The first-order chi connectivity index (χ1) is 12.8. The molecule has 4 heterocycles. The van der Waals surface area contributed by atoms with Gasteiger partial charge in [-0.3, -0.25) is 9.88 Å². The van der Waals surface area contributed by atoms with Crippen LogP contribution in [-0.4, -0.2) is 51.1 Å². The Bertz CT molecular complexity index is 679. The van der Waals surface area contributed by atoms with Crippen LogP contribution in [-0.2, 0) is 6.54 Å². The molecule has 26 heavy (non-hydrogen) atoms. The minimum Gasteiger partial charge on any atom is -0.387 e. The number of nitrogens with zero attached hydrogens (tertiary/aromatic N) is 5. The highest BCUT2D eigenvalue weighted by Gasteiger charge is 2.27. The molecule has 0 spiro atoms. The van der Waals surface area contributed by atoms with Crippen molar-refractivity contribution in [3.05, 3.63) is 48.0 Å². The summed E-state index contributed by atoms with van der Waals surface area (Å²) < 4.78 is 0. The number of likely N-dealkylation sites (tertiary alicyclic amines) is 1. The van der Waals surface area contributed by atoms with E-state index in [2.05, 4.69) is 24.8 Å². The molecule has 0 amide bonds. The first-order valence-corrected chi connectivity index (χ1v) is 9.67. The zero-order valence-corrected chi connectivity index (χ0v) is 15.2. The SMILES string of the molecule is OC(c1ccccn1)C1CCN(Cc2cnc(N3CCCC3)nc2)CC1. The number of rotatable bonds is 5. The average molecular weight is 353 g/mol. The quantitative estimate of drug-likeness (QED) is 0.890. The lowest BCUT2D eigenvalue weighted by molar-refractivity contribution is 0.0539. The van der Waals surface area contributed by atoms with Crippen molar-refractivity contribution in [2.45, 2.75) is 38.3 Å². The summed E-state index contributed by atoms with van der Waals surface area (Å²) >= 11 is 0. The van der Waals surface area contributed by atoms with Gasteiger partial charge in [-0.25, -0.2) is 9.97 Å². The zero-order valence-electron chi connectivity index (χ0n) is 15.2. The molecule has 2 aliphatic rings. The lowest BCUT2D eigenvalue weighted by Gasteiger charge is -2.34. The maximum Gasteiger partial charge on any atom is 0.225 e. The third-order valence-corrected chi connectivity index (χ3v) is 5.56. The highest BCUT2D eigenvalue weighted by atomic mass is 16.3. The molecular formula is C20H27N5O. The second-order valence-electron chi connectivity index (χ2n) is 7.40. The Kier molecular flexibility index (Phi) is 5.41. The second kappa shape index (κ2) is 8.10. The van der Waals surface area contributed by atoms with E-state index in [1.165, 1.54) is 12.8 Å². The molecule has 2 aromatic rings. The molecule has 0 aromatic carbocycles. The van der Waals surface area contributed by atoms with E-state index < -0.39 is 6.10 Å². The van der Waals surface area contributed by atoms with E-state index in [1.807, 2.05) is 30.6 Å². The highest BCUT2D eigenvalue weighted by Crippen LogP contribution is 2.30. The van der Waals surface area contributed by atoms with Gasteiger partial charge in [-0.1, -0.05) is 6.07 Å². The first kappa shape index (κ1) is 17.4. The summed E-state index contributed by atoms with van der Waals surface area (Å²) in [6.07, 6.45) is 9.69. The van der Waals surface area contributed by atoms with E-state index in [-0.39, 0.29) is 5.92 Å². The maximum absolute atomic E-state index is 10.5. The Morgan fingerprint density at radius 2 is 1.73 bits per heavy atom. The highest BCUT2D eigenvalue weighted by molar-refractivity contribution is 5.30. The third kappa shape index (κ3) is 4.02. The average Bonchev–Trinajstić information content (AvgIpc) is 3.24. The van der Waals surface area contributed by atoms with E-state index in [1.54, 1.807) is 6.20 Å². The van der Waals surface area contributed by atoms with Gasteiger partial charge in [0.1, 0.15) is 0 Å². The summed E-state index contributed by atoms with van der Waals surface area (Å²) in [5.74, 6) is 1.15. The summed E-state index contributed by atoms with van der Waals surface area (Å²) in [4.78, 5) is 18.1. The number of piperidine rings is 1. The van der Waals surface area contributed by atoms with Crippen LogP contribution in [0.4, 0.5) is 5.95 Å². The first-order valence-electron chi connectivity index (χ1n) is 9.67. The van der Waals surface area contributed by atoms with Gasteiger partial charge in [-0.2, -0.15) is 0 Å². The summed E-state index contributed by atoms with van der Waals surface area (Å²) in [6, 6.07) is 5.73. The molecule has 6 heteroatoms. The molecule has 0 aliphatic carbocycles. The van der Waals surface area contributed by atoms with Crippen LogP contribution >= 0.6 is 0 Å². The predicted molar refractivity (Wildman–Crippen MR) is 101 cm³/mol. The zero-order chi connectivity index (χ0) is 17.8. The molecule has 1 unspecified atom stereocenters. The standard InChI is InChI=1S/C20H27N5O/c26-19(18-5-1-2-8-21-18)17-6-11-24(12-7-17)15-16-13-22-20(23-14-16)25-9-3-4-10-25/h1-2,5,8,13-14,17,19,26H,3-4,6-7,9-12,15H2. The van der Waals surface area contributed by atoms with Crippen LogP contribution in [0.25, 0.3) is 0 Å². The molecule has 6 nitrogen and oxygen atoms in total. The summed E-state index contributed by atoms with van der Waals surface area (Å²) in [6.45, 7) is 5.01. The number of anilines is 1. The number of hydrogen-bond acceptors (Lipinski definition) is 6. The normalized spacial score (nSPS) is 20.4. The molecular weight excluding hydrogens is 326 g/mol. The van der Waals surface area contributed by atoms with Gasteiger partial charge in [-0.15, -0.1) is 0 Å². The fourth-order valence-corrected chi connectivity index (χ4v) is 3.99. The Morgan fingerprint density at radius 3 is 2.38 bits per heavy atom. The van der Waals surface area contributed by atoms with Crippen LogP contribution in [0.1, 0.15) is 43.0 Å². The monoisotopic (exact) mass is 353 g/mol. The van der Waals surface area contributed by atoms with Crippen LogP contribution in [0.15, 0.2) is 36.8 Å². The van der Waals surface area contributed by atoms with E-state index in [9.17, 15) is 5.11 Å². The number of aromatic nitrogens is 3. The molecule has 4 rings (SSSR count). The van der Waals surface area contributed by atoms with Gasteiger partial charge in [0.2, 0.25) is 5.95 Å². The third-order valence-electron chi connectivity index (χ3n) is 5.56. The Labute approximate surface area is 154 Å². The van der Waals surface area contributed by atoms with E-state index in [0.29, 0.717) is 0 Å². The van der Waals surface area contributed by atoms with Crippen molar-refractivity contribution in [3.63, 3.8) is 0 Å². The van der Waals surface area contributed by atoms with Gasteiger partial charge in [0.05, 0.1) is 11.8 Å². The smallest absolute Gasteiger partial charge is 0.225 e. The van der Waals surface area contributed by atoms with Crippen LogP contribution in [0, 0.1) is 5.92 Å². The largest absolute Gasteiger partial charge is 0.387 e. The number of aliphatic hydroxyl groups is 1. The second-order valence-corrected chi connectivity index (χ2v) is 7.40. The molecule has 0 saturated carbocycles. The van der Waals surface area contributed by atoms with E-state index in [4.69, 9.17) is 0 Å². The molecule has 0 radical (unpaired) electrons. The summed E-state index contributed by atoms with van der Waals surface area (Å²) in [5, 5.41) is 10.5. The molecule has 0 bridgehead atoms. The number of pyridine rings is 1. The van der Waals surface area contributed by atoms with Crippen molar-refractivity contribution < 1.29 is 5.11 Å². The minimum atomic E-state index is -0.457. The predicted octanol–water partition coefficient (Wildman–Crippen LogP) is 2.42. The minimum absolute atomic E-state index is 0.287. The van der Waals surface area contributed by atoms with Gasteiger partial charge in [0, 0.05) is 43.8 Å². The molecule has 2 aromatic heterocycles. The summed E-state index contributed by atoms with van der Waals surface area (Å²) in [7, 11) is 0. The van der Waals surface area contributed by atoms with Crippen molar-refractivity contribution in [3.8, 4) is 0 Å². The van der Waals surface area contributed by atoms with Crippen molar-refractivity contribution in [1.29, 1.82) is 0 Å². The molecule has 2 aliphatic heterocycles. The maximum atomic E-state index is 10.5. The van der Waals surface area contributed by atoms with Gasteiger partial charge >= 0.3 is 0 Å². The fraction of sp³-hybridized carbons (Fsp3) is 0.550. The van der Waals surface area contributed by atoms with Crippen LogP contribution in [0.2, 0.25) is 0 Å².